The van der Waals surface area contributed by atoms with Crippen molar-refractivity contribution in [2.24, 2.45) is 0 Å². The average Bonchev–Trinajstić information content (AvgIpc) is 2.76. The summed E-state index contributed by atoms with van der Waals surface area (Å²) >= 11 is 6.21. The summed E-state index contributed by atoms with van der Waals surface area (Å²) in [4.78, 5) is 25.4. The van der Waals surface area contributed by atoms with Gasteiger partial charge in [-0.2, -0.15) is 0 Å². The summed E-state index contributed by atoms with van der Waals surface area (Å²) < 4.78 is 5.79. The average molecular weight is 437 g/mol. The van der Waals surface area contributed by atoms with Crippen molar-refractivity contribution >= 4 is 35.0 Å². The number of hydrogen-bond acceptors (Lipinski definition) is 3. The first-order chi connectivity index (χ1) is 15.0. The van der Waals surface area contributed by atoms with Gasteiger partial charge in [-0.3, -0.25) is 9.69 Å². The Morgan fingerprint density at radius 3 is 2.58 bits per heavy atom. The summed E-state index contributed by atoms with van der Waals surface area (Å²) in [6.45, 7) is 0.681. The monoisotopic (exact) mass is 436 g/mol. The van der Waals surface area contributed by atoms with Gasteiger partial charge in [-0.1, -0.05) is 35.9 Å². The van der Waals surface area contributed by atoms with Gasteiger partial charge in [0.25, 0.3) is 0 Å². The van der Waals surface area contributed by atoms with E-state index in [0.29, 0.717) is 34.3 Å². The summed E-state index contributed by atoms with van der Waals surface area (Å²) in [6, 6.07) is 19.7. The maximum Gasteiger partial charge on any atom is 0.326 e. The molecule has 1 aliphatic heterocycles. The van der Waals surface area contributed by atoms with Gasteiger partial charge in [0.2, 0.25) is 0 Å². The van der Waals surface area contributed by atoms with Crippen LogP contribution in [-0.4, -0.2) is 23.7 Å². The lowest BCUT2D eigenvalue weighted by atomic mass is 10.0. The Morgan fingerprint density at radius 2 is 1.84 bits per heavy atom. The number of aryl methyl sites for hydroxylation is 1. The molecule has 0 spiro atoms. The molecule has 0 atom stereocenters. The number of amides is 2. The van der Waals surface area contributed by atoms with E-state index in [9.17, 15) is 9.59 Å². The number of carbonyl (C=O) groups excluding carboxylic acids is 1. The number of hydrogen-bond donors (Lipinski definition) is 2. The van der Waals surface area contributed by atoms with Gasteiger partial charge in [-0.05, 0) is 66.4 Å². The molecule has 31 heavy (non-hydrogen) atoms. The molecule has 0 radical (unpaired) electrons. The minimum atomic E-state index is -0.921. The highest BCUT2D eigenvalue weighted by atomic mass is 35.5. The van der Waals surface area contributed by atoms with E-state index in [1.165, 1.54) is 5.56 Å². The SMILES string of the molecule is O=C(O)Cc1ccc(Oc2ccc(NC(=O)N3CCCc4ccccc43)cc2)c(Cl)c1. The van der Waals surface area contributed by atoms with Crippen LogP contribution >= 0.6 is 11.6 Å². The van der Waals surface area contributed by atoms with Crippen LogP contribution in [0.1, 0.15) is 17.5 Å². The number of ether oxygens (including phenoxy) is 1. The van der Waals surface area contributed by atoms with Crippen molar-refractivity contribution < 1.29 is 19.4 Å². The summed E-state index contributed by atoms with van der Waals surface area (Å²) in [5.74, 6) is 0.0575. The van der Waals surface area contributed by atoms with Crippen molar-refractivity contribution in [2.75, 3.05) is 16.8 Å². The van der Waals surface area contributed by atoms with Gasteiger partial charge in [0.05, 0.1) is 11.4 Å². The van der Waals surface area contributed by atoms with E-state index in [2.05, 4.69) is 11.4 Å². The van der Waals surface area contributed by atoms with Crippen molar-refractivity contribution in [1.82, 2.24) is 0 Å². The molecule has 0 aliphatic carbocycles. The maximum atomic E-state index is 12.8. The molecule has 2 amide bonds. The largest absolute Gasteiger partial charge is 0.481 e. The Kier molecular flexibility index (Phi) is 6.09. The zero-order valence-electron chi connectivity index (χ0n) is 16.7. The van der Waals surface area contributed by atoms with Crippen LogP contribution in [0.2, 0.25) is 5.02 Å². The first-order valence-corrected chi connectivity index (χ1v) is 10.3. The van der Waals surface area contributed by atoms with Gasteiger partial charge < -0.3 is 15.2 Å². The van der Waals surface area contributed by atoms with E-state index in [0.717, 1.165) is 18.5 Å². The quantitative estimate of drug-likeness (QED) is 0.534. The number of rotatable bonds is 5. The van der Waals surface area contributed by atoms with Crippen LogP contribution < -0.4 is 15.0 Å². The van der Waals surface area contributed by atoms with E-state index in [4.69, 9.17) is 21.4 Å². The number of carboxylic acid groups (broad SMARTS) is 1. The first-order valence-electron chi connectivity index (χ1n) is 9.94. The zero-order valence-corrected chi connectivity index (χ0v) is 17.4. The third-order valence-corrected chi connectivity index (χ3v) is 5.34. The zero-order chi connectivity index (χ0) is 21.8. The molecule has 4 rings (SSSR count). The number of carboxylic acids is 1. The lowest BCUT2D eigenvalue weighted by molar-refractivity contribution is -0.136. The Hall–Kier alpha value is -3.51. The Labute approximate surface area is 185 Å². The Balaban J connectivity index is 1.41. The normalized spacial score (nSPS) is 12.7. The second-order valence-corrected chi connectivity index (χ2v) is 7.68. The molecule has 1 heterocycles. The molecule has 1 aliphatic rings. The second kappa shape index (κ2) is 9.10. The number of anilines is 2. The third kappa shape index (κ3) is 4.98. The van der Waals surface area contributed by atoms with Crippen LogP contribution in [0.5, 0.6) is 11.5 Å². The lowest BCUT2D eigenvalue weighted by Gasteiger charge is -2.29. The molecule has 0 aromatic heterocycles. The van der Waals surface area contributed by atoms with Gasteiger partial charge >= 0.3 is 12.0 Å². The van der Waals surface area contributed by atoms with Gasteiger partial charge in [0.1, 0.15) is 11.5 Å². The van der Waals surface area contributed by atoms with E-state index < -0.39 is 5.97 Å². The number of fused-ring (bicyclic) bond motifs is 1. The predicted octanol–water partition coefficient (Wildman–Crippen LogP) is 5.74. The Morgan fingerprint density at radius 1 is 1.06 bits per heavy atom. The molecule has 2 N–H and O–H groups in total. The number of nitrogens with one attached hydrogen (secondary N) is 1. The topological polar surface area (TPSA) is 78.9 Å². The number of halogens is 1. The van der Waals surface area contributed by atoms with Gasteiger partial charge in [-0.25, -0.2) is 4.79 Å². The molecule has 0 saturated heterocycles. The molecular weight excluding hydrogens is 416 g/mol. The number of carbonyl (C=O) groups is 2. The van der Waals surface area contributed by atoms with Crippen molar-refractivity contribution in [3.8, 4) is 11.5 Å². The molecule has 6 nitrogen and oxygen atoms in total. The highest BCUT2D eigenvalue weighted by Crippen LogP contribution is 2.31. The minimum absolute atomic E-state index is 0.101. The predicted molar refractivity (Wildman–Crippen MR) is 120 cm³/mol. The van der Waals surface area contributed by atoms with E-state index in [-0.39, 0.29) is 12.5 Å². The fourth-order valence-electron chi connectivity index (χ4n) is 3.58. The molecule has 158 valence electrons. The van der Waals surface area contributed by atoms with Crippen LogP contribution in [0, 0.1) is 0 Å². The van der Waals surface area contributed by atoms with Gasteiger partial charge in [-0.15, -0.1) is 0 Å². The van der Waals surface area contributed by atoms with Crippen LogP contribution in [0.4, 0.5) is 16.2 Å². The van der Waals surface area contributed by atoms with Crippen LogP contribution in [0.25, 0.3) is 0 Å². The number of urea groups is 1. The molecule has 3 aromatic carbocycles. The fraction of sp³-hybridized carbons (Fsp3) is 0.167. The number of benzene rings is 3. The summed E-state index contributed by atoms with van der Waals surface area (Å²) in [6.07, 6.45) is 1.81. The van der Waals surface area contributed by atoms with E-state index in [1.54, 1.807) is 47.4 Å². The molecule has 3 aromatic rings. The second-order valence-electron chi connectivity index (χ2n) is 7.28. The summed E-state index contributed by atoms with van der Waals surface area (Å²) in [5.41, 5.74) is 3.39. The van der Waals surface area contributed by atoms with Crippen molar-refractivity contribution in [3.05, 3.63) is 82.9 Å². The van der Waals surface area contributed by atoms with E-state index >= 15 is 0 Å². The van der Waals surface area contributed by atoms with Crippen molar-refractivity contribution in [1.29, 1.82) is 0 Å². The molecule has 0 saturated carbocycles. The van der Waals surface area contributed by atoms with E-state index in [1.807, 2.05) is 18.2 Å². The number of aliphatic carboxylic acids is 1. The molecule has 7 heteroatoms. The van der Waals surface area contributed by atoms with Crippen LogP contribution in [0.3, 0.4) is 0 Å². The van der Waals surface area contributed by atoms with Crippen LogP contribution in [-0.2, 0) is 17.6 Å². The molecule has 0 unspecified atom stereocenters. The van der Waals surface area contributed by atoms with Gasteiger partial charge in [0, 0.05) is 17.9 Å². The highest BCUT2D eigenvalue weighted by Gasteiger charge is 2.22. The lowest BCUT2D eigenvalue weighted by Crippen LogP contribution is -2.38. The van der Waals surface area contributed by atoms with Crippen LogP contribution in [0.15, 0.2) is 66.7 Å². The molecular formula is C24H21ClN2O4. The summed E-state index contributed by atoms with van der Waals surface area (Å²) in [7, 11) is 0. The number of nitrogens with zero attached hydrogens (tertiary/aromatic N) is 1. The fourth-order valence-corrected chi connectivity index (χ4v) is 3.82. The Bertz CT molecular complexity index is 1110. The summed E-state index contributed by atoms with van der Waals surface area (Å²) in [5, 5.41) is 12.1. The number of para-hydroxylation sites is 1. The van der Waals surface area contributed by atoms with Crippen molar-refractivity contribution in [3.63, 3.8) is 0 Å². The standard InChI is InChI=1S/C24H21ClN2O4/c25-20-14-16(15-23(28)29)7-12-22(20)31-19-10-8-18(9-11-19)26-24(30)27-13-3-5-17-4-1-2-6-21(17)27/h1-2,4,6-12,14H,3,5,13,15H2,(H,26,30)(H,28,29). The molecule has 0 bridgehead atoms. The van der Waals surface area contributed by atoms with Crippen molar-refractivity contribution in [2.45, 2.75) is 19.3 Å². The maximum absolute atomic E-state index is 12.8. The third-order valence-electron chi connectivity index (χ3n) is 5.04. The minimum Gasteiger partial charge on any atom is -0.481 e. The molecule has 0 fully saturated rings. The first kappa shape index (κ1) is 20.8. The highest BCUT2D eigenvalue weighted by molar-refractivity contribution is 6.32. The smallest absolute Gasteiger partial charge is 0.326 e. The van der Waals surface area contributed by atoms with Gasteiger partial charge in [0.15, 0.2) is 0 Å².